The lowest BCUT2D eigenvalue weighted by Crippen LogP contribution is -2.46. The predicted molar refractivity (Wildman–Crippen MR) is 95.0 cm³/mol. The molecule has 25 heavy (non-hydrogen) atoms. The molecule has 2 aromatic heterocycles. The topological polar surface area (TPSA) is 73.9 Å². The maximum atomic E-state index is 10.1. The normalized spacial score (nSPS) is 17.8. The summed E-state index contributed by atoms with van der Waals surface area (Å²) in [5.74, 6) is 0. The highest BCUT2D eigenvalue weighted by Crippen LogP contribution is 2.24. The van der Waals surface area contributed by atoms with Crippen LogP contribution >= 0.6 is 0 Å². The molecule has 130 valence electrons. The molecule has 0 bridgehead atoms. The Morgan fingerprint density at radius 1 is 1.08 bits per heavy atom. The molecule has 3 heterocycles. The molecule has 0 radical (unpaired) electrons. The Morgan fingerprint density at radius 2 is 1.84 bits per heavy atom. The Labute approximate surface area is 146 Å². The van der Waals surface area contributed by atoms with Crippen LogP contribution in [-0.4, -0.2) is 55.0 Å². The second kappa shape index (κ2) is 6.55. The van der Waals surface area contributed by atoms with Crippen LogP contribution in [0.5, 0.6) is 0 Å². The van der Waals surface area contributed by atoms with Gasteiger partial charge in [0.15, 0.2) is 5.65 Å². The fourth-order valence-corrected chi connectivity index (χ4v) is 3.36. The fraction of sp³-hybridized carbons (Fsp3) is 0.368. The van der Waals surface area contributed by atoms with Gasteiger partial charge in [0.25, 0.3) is 0 Å². The maximum absolute atomic E-state index is 10.1. The third-order valence-electron chi connectivity index (χ3n) is 4.98. The molecule has 0 unspecified atom stereocenters. The van der Waals surface area contributed by atoms with E-state index in [-0.39, 0.29) is 6.61 Å². The van der Waals surface area contributed by atoms with E-state index >= 15 is 0 Å². The highest BCUT2D eigenvalue weighted by Gasteiger charge is 2.31. The minimum atomic E-state index is -0.911. The van der Waals surface area contributed by atoms with E-state index < -0.39 is 5.60 Å². The number of fused-ring (bicyclic) bond motifs is 1. The number of nitrogens with zero attached hydrogens (tertiary/aromatic N) is 4. The molecular weight excluding hydrogens is 316 g/mol. The number of rotatable bonds is 4. The summed E-state index contributed by atoms with van der Waals surface area (Å²) in [6.45, 7) is 2.14. The summed E-state index contributed by atoms with van der Waals surface area (Å²) < 4.78 is 1.83. The first-order valence-corrected chi connectivity index (χ1v) is 8.60. The lowest BCUT2D eigenvalue weighted by Gasteiger charge is -2.36. The summed E-state index contributed by atoms with van der Waals surface area (Å²) in [7, 11) is 0. The molecule has 4 rings (SSSR count). The molecular formula is C19H22N4O2. The lowest BCUT2D eigenvalue weighted by atomic mass is 9.92. The van der Waals surface area contributed by atoms with Crippen molar-refractivity contribution in [2.24, 2.45) is 0 Å². The molecule has 0 aliphatic carbocycles. The number of benzene rings is 1. The smallest absolute Gasteiger partial charge is 0.162 e. The number of hydrogen-bond donors (Lipinski definition) is 2. The van der Waals surface area contributed by atoms with Gasteiger partial charge in [-0.25, -0.2) is 9.50 Å². The second-order valence-electron chi connectivity index (χ2n) is 6.81. The highest BCUT2D eigenvalue weighted by molar-refractivity contribution is 5.76. The van der Waals surface area contributed by atoms with Gasteiger partial charge in [-0.15, -0.1) is 0 Å². The van der Waals surface area contributed by atoms with Gasteiger partial charge in [0.2, 0.25) is 0 Å². The molecule has 3 aromatic rings. The summed E-state index contributed by atoms with van der Waals surface area (Å²) >= 11 is 0. The van der Waals surface area contributed by atoms with E-state index in [2.05, 4.69) is 27.1 Å². The molecule has 0 atom stereocenters. The van der Waals surface area contributed by atoms with Gasteiger partial charge in [0.05, 0.1) is 18.4 Å². The zero-order valence-electron chi connectivity index (χ0n) is 14.0. The van der Waals surface area contributed by atoms with E-state index in [9.17, 15) is 10.2 Å². The molecule has 1 aliphatic rings. The Hall–Kier alpha value is -2.28. The number of likely N-dealkylation sites (tertiary alicyclic amines) is 1. The van der Waals surface area contributed by atoms with E-state index in [0.717, 1.165) is 42.0 Å². The quantitative estimate of drug-likeness (QED) is 0.758. The van der Waals surface area contributed by atoms with Gasteiger partial charge in [-0.1, -0.05) is 30.3 Å². The van der Waals surface area contributed by atoms with Crippen LogP contribution in [0, 0.1) is 0 Å². The number of piperidine rings is 1. The summed E-state index contributed by atoms with van der Waals surface area (Å²) in [5.41, 5.74) is 3.16. The van der Waals surface area contributed by atoms with Crippen molar-refractivity contribution in [3.8, 4) is 11.1 Å². The summed E-state index contributed by atoms with van der Waals surface area (Å²) in [4.78, 5) is 6.88. The van der Waals surface area contributed by atoms with E-state index in [4.69, 9.17) is 0 Å². The third-order valence-corrected chi connectivity index (χ3v) is 4.98. The fourth-order valence-electron chi connectivity index (χ4n) is 3.36. The molecule has 6 heteroatoms. The highest BCUT2D eigenvalue weighted by atomic mass is 16.3. The van der Waals surface area contributed by atoms with Gasteiger partial charge in [-0.05, 0) is 18.4 Å². The minimum absolute atomic E-state index is 0.163. The SMILES string of the molecule is OCC1(O)CCN(Cc2cnc3c(-c4ccccc4)cnn3c2)CC1. The molecule has 1 fully saturated rings. The summed E-state index contributed by atoms with van der Waals surface area (Å²) in [5, 5.41) is 23.8. The van der Waals surface area contributed by atoms with Crippen molar-refractivity contribution < 1.29 is 10.2 Å². The van der Waals surface area contributed by atoms with Crippen molar-refractivity contribution in [2.75, 3.05) is 19.7 Å². The number of aliphatic hydroxyl groups excluding tert-OH is 1. The van der Waals surface area contributed by atoms with Crippen molar-refractivity contribution in [2.45, 2.75) is 25.0 Å². The first kappa shape index (κ1) is 16.2. The van der Waals surface area contributed by atoms with Gasteiger partial charge in [-0.2, -0.15) is 5.10 Å². The van der Waals surface area contributed by atoms with E-state index in [0.29, 0.717) is 12.8 Å². The molecule has 1 saturated heterocycles. The van der Waals surface area contributed by atoms with Gasteiger partial charge in [0, 0.05) is 43.2 Å². The first-order valence-electron chi connectivity index (χ1n) is 8.60. The summed E-state index contributed by atoms with van der Waals surface area (Å²) in [6, 6.07) is 10.1. The molecule has 1 aromatic carbocycles. The number of aliphatic hydroxyl groups is 2. The van der Waals surface area contributed by atoms with Crippen molar-refractivity contribution in [1.29, 1.82) is 0 Å². The van der Waals surface area contributed by atoms with Gasteiger partial charge < -0.3 is 10.2 Å². The standard InChI is InChI=1S/C19H22N4O2/c24-14-19(25)6-8-22(9-7-19)12-15-10-20-18-17(11-21-23(18)13-15)16-4-2-1-3-5-16/h1-5,10-11,13,24-25H,6-9,12,14H2. The number of aromatic nitrogens is 3. The van der Waals surface area contributed by atoms with Crippen LogP contribution in [0.3, 0.4) is 0 Å². The van der Waals surface area contributed by atoms with Gasteiger partial charge >= 0.3 is 0 Å². The Balaban J connectivity index is 1.51. The van der Waals surface area contributed by atoms with Crippen molar-refractivity contribution >= 4 is 5.65 Å². The molecule has 0 amide bonds. The summed E-state index contributed by atoms with van der Waals surface area (Å²) in [6.07, 6.45) is 6.96. The minimum Gasteiger partial charge on any atom is -0.393 e. The predicted octanol–water partition coefficient (Wildman–Crippen LogP) is 1.72. The van der Waals surface area contributed by atoms with Crippen LogP contribution in [0.25, 0.3) is 16.8 Å². The Bertz CT molecular complexity index is 854. The largest absolute Gasteiger partial charge is 0.393 e. The van der Waals surface area contributed by atoms with Gasteiger partial charge in [-0.3, -0.25) is 4.90 Å². The van der Waals surface area contributed by atoms with Crippen LogP contribution < -0.4 is 0 Å². The first-order chi connectivity index (χ1) is 12.2. The van der Waals surface area contributed by atoms with Crippen LogP contribution in [0.4, 0.5) is 0 Å². The Kier molecular flexibility index (Phi) is 4.25. The van der Waals surface area contributed by atoms with Crippen molar-refractivity contribution in [3.63, 3.8) is 0 Å². The van der Waals surface area contributed by atoms with Crippen LogP contribution in [-0.2, 0) is 6.54 Å². The van der Waals surface area contributed by atoms with E-state index in [1.807, 2.05) is 41.3 Å². The van der Waals surface area contributed by atoms with Crippen LogP contribution in [0.15, 0.2) is 48.9 Å². The zero-order chi connectivity index (χ0) is 17.3. The maximum Gasteiger partial charge on any atom is 0.162 e. The van der Waals surface area contributed by atoms with Crippen molar-refractivity contribution in [1.82, 2.24) is 19.5 Å². The molecule has 6 nitrogen and oxygen atoms in total. The average Bonchev–Trinajstić information content (AvgIpc) is 3.08. The number of hydrogen-bond acceptors (Lipinski definition) is 5. The average molecular weight is 338 g/mol. The van der Waals surface area contributed by atoms with Gasteiger partial charge in [0.1, 0.15) is 0 Å². The van der Waals surface area contributed by atoms with Crippen LogP contribution in [0.2, 0.25) is 0 Å². The second-order valence-corrected chi connectivity index (χ2v) is 6.81. The molecule has 0 spiro atoms. The lowest BCUT2D eigenvalue weighted by molar-refractivity contribution is -0.0606. The van der Waals surface area contributed by atoms with E-state index in [1.165, 1.54) is 0 Å². The van der Waals surface area contributed by atoms with Crippen LogP contribution in [0.1, 0.15) is 18.4 Å². The molecule has 2 N–H and O–H groups in total. The molecule has 0 saturated carbocycles. The van der Waals surface area contributed by atoms with E-state index in [1.54, 1.807) is 0 Å². The molecule has 1 aliphatic heterocycles. The van der Waals surface area contributed by atoms with Crippen molar-refractivity contribution in [3.05, 3.63) is 54.5 Å². The zero-order valence-corrected chi connectivity index (χ0v) is 14.0. The third kappa shape index (κ3) is 3.28. The Morgan fingerprint density at radius 3 is 2.56 bits per heavy atom. The monoisotopic (exact) mass is 338 g/mol.